The summed E-state index contributed by atoms with van der Waals surface area (Å²) in [5.74, 6) is -0.00768. The third kappa shape index (κ3) is 2.81. The predicted molar refractivity (Wildman–Crippen MR) is 69.8 cm³/mol. The maximum absolute atomic E-state index is 13.6. The van der Waals surface area contributed by atoms with Crippen molar-refractivity contribution >= 4 is 15.5 Å². The summed E-state index contributed by atoms with van der Waals surface area (Å²) >= 11 is 0. The van der Waals surface area contributed by atoms with Gasteiger partial charge in [-0.2, -0.15) is 0 Å². The van der Waals surface area contributed by atoms with Crippen LogP contribution in [0.25, 0.3) is 0 Å². The molecule has 1 aliphatic heterocycles. The molecule has 1 aromatic carbocycles. The average Bonchev–Trinajstić information content (AvgIpc) is 2.50. The number of anilines is 1. The van der Waals surface area contributed by atoms with Gasteiger partial charge in [-0.25, -0.2) is 12.8 Å². The number of nitrogens with zero attached hydrogens (tertiary/aromatic N) is 1. The molecule has 1 aromatic rings. The lowest BCUT2D eigenvalue weighted by molar-refractivity contribution is 0.597. The van der Waals surface area contributed by atoms with Crippen molar-refractivity contribution in [1.29, 1.82) is 0 Å². The third-order valence-corrected chi connectivity index (χ3v) is 4.91. The number of rotatable bonds is 2. The number of sulfone groups is 1. The quantitative estimate of drug-likeness (QED) is 0.869. The summed E-state index contributed by atoms with van der Waals surface area (Å²) in [6, 6.07) is 4.80. The van der Waals surface area contributed by atoms with Gasteiger partial charge in [0.1, 0.15) is 5.82 Å². The molecule has 0 unspecified atom stereocenters. The second-order valence-electron chi connectivity index (χ2n) is 4.43. The maximum Gasteiger partial charge on any atom is 0.152 e. The molecule has 2 N–H and O–H groups in total. The number of hydrogen-bond acceptors (Lipinski definition) is 4. The molecule has 0 aromatic heterocycles. The van der Waals surface area contributed by atoms with Crippen LogP contribution in [0.3, 0.4) is 0 Å². The molecule has 18 heavy (non-hydrogen) atoms. The van der Waals surface area contributed by atoms with E-state index >= 15 is 0 Å². The highest BCUT2D eigenvalue weighted by atomic mass is 32.2. The Morgan fingerprint density at radius 3 is 2.78 bits per heavy atom. The molecule has 0 spiro atoms. The predicted octanol–water partition coefficient (Wildman–Crippen LogP) is 0.909. The van der Waals surface area contributed by atoms with E-state index in [4.69, 9.17) is 5.73 Å². The molecule has 0 aliphatic carbocycles. The first kappa shape index (κ1) is 13.3. The summed E-state index contributed by atoms with van der Waals surface area (Å²) in [6.45, 7) is 1.14. The van der Waals surface area contributed by atoms with E-state index in [2.05, 4.69) is 0 Å². The zero-order chi connectivity index (χ0) is 13.2. The molecule has 2 rings (SSSR count). The molecule has 100 valence electrons. The van der Waals surface area contributed by atoms with Crippen molar-refractivity contribution in [2.75, 3.05) is 29.5 Å². The van der Waals surface area contributed by atoms with Crippen LogP contribution in [0.1, 0.15) is 12.0 Å². The zero-order valence-corrected chi connectivity index (χ0v) is 10.9. The number of hydrogen-bond donors (Lipinski definition) is 1. The minimum atomic E-state index is -2.96. The fourth-order valence-corrected chi connectivity index (χ4v) is 3.50. The SMILES string of the molecule is NCc1c(F)cccc1N1CCCS(=O)(=O)CC1. The van der Waals surface area contributed by atoms with E-state index in [0.717, 1.165) is 5.69 Å². The standard InChI is InChI=1S/C12H17FN2O2S/c13-11-3-1-4-12(10(11)9-14)15-5-2-7-18(16,17)8-6-15/h1,3-4H,2,5-9,14H2. The van der Waals surface area contributed by atoms with Crippen molar-refractivity contribution in [3.63, 3.8) is 0 Å². The highest BCUT2D eigenvalue weighted by molar-refractivity contribution is 7.91. The topological polar surface area (TPSA) is 63.4 Å². The van der Waals surface area contributed by atoms with Crippen molar-refractivity contribution in [2.45, 2.75) is 13.0 Å². The van der Waals surface area contributed by atoms with Crippen LogP contribution in [0.4, 0.5) is 10.1 Å². The van der Waals surface area contributed by atoms with E-state index in [0.29, 0.717) is 25.1 Å². The van der Waals surface area contributed by atoms with Gasteiger partial charge in [0.25, 0.3) is 0 Å². The van der Waals surface area contributed by atoms with E-state index in [9.17, 15) is 12.8 Å². The van der Waals surface area contributed by atoms with Crippen molar-refractivity contribution in [1.82, 2.24) is 0 Å². The van der Waals surface area contributed by atoms with Crippen LogP contribution in [-0.2, 0) is 16.4 Å². The minimum Gasteiger partial charge on any atom is -0.370 e. The van der Waals surface area contributed by atoms with E-state index in [1.165, 1.54) is 6.07 Å². The van der Waals surface area contributed by atoms with Gasteiger partial charge in [0.15, 0.2) is 9.84 Å². The molecular formula is C12H17FN2O2S. The molecule has 0 bridgehead atoms. The van der Waals surface area contributed by atoms with Gasteiger partial charge in [-0.1, -0.05) is 6.07 Å². The zero-order valence-electron chi connectivity index (χ0n) is 10.1. The van der Waals surface area contributed by atoms with Crippen LogP contribution in [0.2, 0.25) is 0 Å². The first-order valence-electron chi connectivity index (χ1n) is 5.96. The van der Waals surface area contributed by atoms with Gasteiger partial charge in [-0.05, 0) is 18.6 Å². The Kier molecular flexibility index (Phi) is 3.87. The van der Waals surface area contributed by atoms with Crippen molar-refractivity contribution in [3.05, 3.63) is 29.6 Å². The largest absolute Gasteiger partial charge is 0.370 e. The summed E-state index contributed by atoms with van der Waals surface area (Å²) in [7, 11) is -2.96. The van der Waals surface area contributed by atoms with Gasteiger partial charge in [0, 0.05) is 30.9 Å². The first-order chi connectivity index (χ1) is 8.53. The van der Waals surface area contributed by atoms with Crippen molar-refractivity contribution in [3.8, 4) is 0 Å². The Morgan fingerprint density at radius 1 is 1.28 bits per heavy atom. The summed E-state index contributed by atoms with van der Waals surface area (Å²) in [4.78, 5) is 1.91. The summed E-state index contributed by atoms with van der Waals surface area (Å²) in [6.07, 6.45) is 0.572. The van der Waals surface area contributed by atoms with Gasteiger partial charge in [0.05, 0.1) is 11.5 Å². The van der Waals surface area contributed by atoms with E-state index < -0.39 is 9.84 Å². The number of halogens is 1. The number of nitrogens with two attached hydrogens (primary N) is 1. The lowest BCUT2D eigenvalue weighted by atomic mass is 10.1. The second-order valence-corrected chi connectivity index (χ2v) is 6.74. The molecule has 1 fully saturated rings. The van der Waals surface area contributed by atoms with Gasteiger partial charge in [-0.15, -0.1) is 0 Å². The minimum absolute atomic E-state index is 0.116. The molecule has 0 amide bonds. The molecule has 4 nitrogen and oxygen atoms in total. The first-order valence-corrected chi connectivity index (χ1v) is 7.78. The molecule has 0 radical (unpaired) electrons. The summed E-state index contributed by atoms with van der Waals surface area (Å²) < 4.78 is 36.7. The highest BCUT2D eigenvalue weighted by Crippen LogP contribution is 2.24. The molecule has 0 saturated carbocycles. The lowest BCUT2D eigenvalue weighted by Gasteiger charge is -2.24. The van der Waals surface area contributed by atoms with Crippen molar-refractivity contribution in [2.24, 2.45) is 5.73 Å². The molecular weight excluding hydrogens is 255 g/mol. The fraction of sp³-hybridized carbons (Fsp3) is 0.500. The Hall–Kier alpha value is -1.14. The second kappa shape index (κ2) is 5.24. The molecule has 6 heteroatoms. The monoisotopic (exact) mass is 272 g/mol. The maximum atomic E-state index is 13.6. The fourth-order valence-electron chi connectivity index (χ4n) is 2.22. The van der Waals surface area contributed by atoms with Crippen LogP contribution in [0.15, 0.2) is 18.2 Å². The van der Waals surface area contributed by atoms with Gasteiger partial charge >= 0.3 is 0 Å². The third-order valence-electron chi connectivity index (χ3n) is 3.19. The summed E-state index contributed by atoms with van der Waals surface area (Å²) in [5.41, 5.74) is 6.74. The Labute approximate surface area is 107 Å². The van der Waals surface area contributed by atoms with Crippen LogP contribution in [-0.4, -0.2) is 33.0 Å². The van der Waals surface area contributed by atoms with Crippen LogP contribution in [0.5, 0.6) is 0 Å². The molecule has 1 heterocycles. The Morgan fingerprint density at radius 2 is 2.06 bits per heavy atom. The smallest absolute Gasteiger partial charge is 0.152 e. The van der Waals surface area contributed by atoms with Gasteiger partial charge in [-0.3, -0.25) is 0 Å². The van der Waals surface area contributed by atoms with E-state index in [1.54, 1.807) is 12.1 Å². The molecule has 1 saturated heterocycles. The molecule has 1 aliphatic rings. The highest BCUT2D eigenvalue weighted by Gasteiger charge is 2.21. The normalized spacial score (nSPS) is 19.6. The molecule has 0 atom stereocenters. The Balaban J connectivity index is 2.29. The van der Waals surface area contributed by atoms with Crippen molar-refractivity contribution < 1.29 is 12.8 Å². The van der Waals surface area contributed by atoms with E-state index in [-0.39, 0.29) is 23.9 Å². The van der Waals surface area contributed by atoms with Crippen LogP contribution in [0, 0.1) is 5.82 Å². The van der Waals surface area contributed by atoms with Gasteiger partial charge < -0.3 is 10.6 Å². The van der Waals surface area contributed by atoms with Gasteiger partial charge in [0.2, 0.25) is 0 Å². The van der Waals surface area contributed by atoms with Crippen LogP contribution >= 0.6 is 0 Å². The lowest BCUT2D eigenvalue weighted by Crippen LogP contribution is -2.28. The van der Waals surface area contributed by atoms with E-state index in [1.807, 2.05) is 4.90 Å². The summed E-state index contributed by atoms with van der Waals surface area (Å²) in [5, 5.41) is 0. The number of benzene rings is 1. The Bertz CT molecular complexity index is 531. The average molecular weight is 272 g/mol. The van der Waals surface area contributed by atoms with Crippen LogP contribution < -0.4 is 10.6 Å².